The number of rotatable bonds is 3. The van der Waals surface area contributed by atoms with Gasteiger partial charge in [0.05, 0.1) is 0 Å². The quantitative estimate of drug-likeness (QED) is 0.539. The van der Waals surface area contributed by atoms with Gasteiger partial charge in [0, 0.05) is 14.3 Å². The minimum atomic E-state index is 0.849. The molecule has 0 fully saturated rings. The van der Waals surface area contributed by atoms with Crippen LogP contribution in [-0.4, -0.2) is 5.33 Å². The van der Waals surface area contributed by atoms with Crippen LogP contribution >= 0.6 is 47.8 Å². The molecule has 0 saturated carbocycles. The molecule has 0 aliphatic heterocycles. The fourth-order valence-corrected chi connectivity index (χ4v) is 2.07. The van der Waals surface area contributed by atoms with Crippen molar-refractivity contribution in [1.29, 1.82) is 0 Å². The highest BCUT2D eigenvalue weighted by Crippen LogP contribution is 2.14. The molecule has 0 unspecified atom stereocenters. The first-order chi connectivity index (χ1) is 4.70. The summed E-state index contributed by atoms with van der Waals surface area (Å²) in [6.07, 6.45) is 5.68. The second kappa shape index (κ2) is 6.38. The van der Waals surface area contributed by atoms with Crippen LogP contribution in [0.1, 0.15) is 0 Å². The van der Waals surface area contributed by atoms with Gasteiger partial charge in [-0.15, -0.1) is 0 Å². The van der Waals surface area contributed by atoms with E-state index in [4.69, 9.17) is 0 Å². The molecule has 0 aliphatic rings. The zero-order chi connectivity index (χ0) is 7.98. The molecule has 0 radical (unpaired) electrons. The Kier molecular flexibility index (Phi) is 6.80. The molecular formula is C7H7Br3. The van der Waals surface area contributed by atoms with Crippen LogP contribution in [0, 0.1) is 0 Å². The summed E-state index contributed by atoms with van der Waals surface area (Å²) >= 11 is 9.95. The van der Waals surface area contributed by atoms with E-state index in [2.05, 4.69) is 54.4 Å². The van der Waals surface area contributed by atoms with Crippen molar-refractivity contribution in [2.45, 2.75) is 0 Å². The molecule has 10 heavy (non-hydrogen) atoms. The van der Waals surface area contributed by atoms with Crippen molar-refractivity contribution >= 4 is 47.8 Å². The van der Waals surface area contributed by atoms with E-state index < -0.39 is 0 Å². The summed E-state index contributed by atoms with van der Waals surface area (Å²) in [6, 6.07) is 0. The molecule has 0 bridgehead atoms. The van der Waals surface area contributed by atoms with E-state index in [1.165, 1.54) is 0 Å². The summed E-state index contributed by atoms with van der Waals surface area (Å²) in [6.45, 7) is 3.60. The minimum Gasteiger partial charge on any atom is -0.0979 e. The Balaban J connectivity index is 4.11. The van der Waals surface area contributed by atoms with Gasteiger partial charge in [0.15, 0.2) is 0 Å². The lowest BCUT2D eigenvalue weighted by atomic mass is 10.4. The van der Waals surface area contributed by atoms with E-state index in [0.29, 0.717) is 0 Å². The number of allylic oxidation sites excluding steroid dienone is 5. The topological polar surface area (TPSA) is 0 Å². The van der Waals surface area contributed by atoms with Gasteiger partial charge in [0.25, 0.3) is 0 Å². The molecule has 0 heterocycles. The normalized spacial score (nSPS) is 13.5. The van der Waals surface area contributed by atoms with Crippen molar-refractivity contribution < 1.29 is 0 Å². The second-order valence-corrected chi connectivity index (χ2v) is 3.96. The lowest BCUT2D eigenvalue weighted by Crippen LogP contribution is -1.66. The highest BCUT2D eigenvalue weighted by molar-refractivity contribution is 9.12. The monoisotopic (exact) mass is 328 g/mol. The zero-order valence-electron chi connectivity index (χ0n) is 5.28. The Labute approximate surface area is 86.5 Å². The Morgan fingerprint density at radius 2 is 1.90 bits per heavy atom. The summed E-state index contributed by atoms with van der Waals surface area (Å²) in [7, 11) is 0. The van der Waals surface area contributed by atoms with Crippen LogP contribution in [0.25, 0.3) is 0 Å². The molecule has 0 aromatic carbocycles. The third kappa shape index (κ3) is 5.45. The Morgan fingerprint density at radius 1 is 1.30 bits per heavy atom. The summed E-state index contributed by atoms with van der Waals surface area (Å²) in [5, 5.41) is 0.849. The highest BCUT2D eigenvalue weighted by Gasteiger charge is 1.85. The third-order valence-electron chi connectivity index (χ3n) is 0.743. The molecule has 3 heteroatoms. The van der Waals surface area contributed by atoms with Crippen molar-refractivity contribution in [2.24, 2.45) is 0 Å². The summed E-state index contributed by atoms with van der Waals surface area (Å²) in [5.41, 5.74) is 0. The van der Waals surface area contributed by atoms with Gasteiger partial charge in [-0.3, -0.25) is 0 Å². The van der Waals surface area contributed by atoms with Gasteiger partial charge in [-0.25, -0.2) is 0 Å². The lowest BCUT2D eigenvalue weighted by Gasteiger charge is -1.88. The minimum absolute atomic E-state index is 0.849. The van der Waals surface area contributed by atoms with E-state index in [-0.39, 0.29) is 0 Å². The molecule has 0 aromatic rings. The van der Waals surface area contributed by atoms with Crippen molar-refractivity contribution in [3.05, 3.63) is 33.8 Å². The Hall–Kier alpha value is 0.660. The van der Waals surface area contributed by atoms with Crippen molar-refractivity contribution in [1.82, 2.24) is 0 Å². The molecule has 0 saturated heterocycles. The van der Waals surface area contributed by atoms with Crippen molar-refractivity contribution in [2.75, 3.05) is 5.33 Å². The predicted octanol–water partition coefficient (Wildman–Crippen LogP) is 4.12. The van der Waals surface area contributed by atoms with E-state index in [0.717, 1.165) is 14.3 Å². The molecule has 0 spiro atoms. The fourth-order valence-electron chi connectivity index (χ4n) is 0.323. The van der Waals surface area contributed by atoms with Gasteiger partial charge in [0.1, 0.15) is 0 Å². The molecular weight excluding hydrogens is 324 g/mol. The predicted molar refractivity (Wildman–Crippen MR) is 58.0 cm³/mol. The number of hydrogen-bond donors (Lipinski definition) is 0. The van der Waals surface area contributed by atoms with Crippen LogP contribution in [0.2, 0.25) is 0 Å². The van der Waals surface area contributed by atoms with Gasteiger partial charge < -0.3 is 0 Å². The molecule has 0 N–H and O–H groups in total. The lowest BCUT2D eigenvalue weighted by molar-refractivity contribution is 1.75. The largest absolute Gasteiger partial charge is 0.0979 e. The van der Waals surface area contributed by atoms with E-state index in [1.807, 2.05) is 12.2 Å². The maximum Gasteiger partial charge on any atom is 0.0226 e. The van der Waals surface area contributed by atoms with E-state index >= 15 is 0 Å². The van der Waals surface area contributed by atoms with E-state index in [9.17, 15) is 0 Å². The van der Waals surface area contributed by atoms with Gasteiger partial charge in [0.2, 0.25) is 0 Å². The smallest absolute Gasteiger partial charge is 0.0226 e. The SMILES string of the molecule is C=C/C(Br)=C\C(Br)=C/CBr. The van der Waals surface area contributed by atoms with Gasteiger partial charge in [-0.05, 0) is 6.08 Å². The number of alkyl halides is 1. The molecule has 0 amide bonds. The molecule has 0 atom stereocenters. The number of hydrogen-bond acceptors (Lipinski definition) is 0. The van der Waals surface area contributed by atoms with Crippen LogP contribution in [-0.2, 0) is 0 Å². The van der Waals surface area contributed by atoms with Crippen molar-refractivity contribution in [3.8, 4) is 0 Å². The first-order valence-corrected chi connectivity index (χ1v) is 5.32. The Bertz CT molecular complexity index is 168. The van der Waals surface area contributed by atoms with Gasteiger partial charge >= 0.3 is 0 Å². The molecule has 0 aromatic heterocycles. The maximum absolute atomic E-state index is 3.60. The fraction of sp³-hybridized carbons (Fsp3) is 0.143. The second-order valence-electron chi connectivity index (χ2n) is 1.48. The van der Waals surface area contributed by atoms with Crippen LogP contribution in [0.4, 0.5) is 0 Å². The first kappa shape index (κ1) is 10.7. The van der Waals surface area contributed by atoms with Crippen LogP contribution in [0.5, 0.6) is 0 Å². The maximum atomic E-state index is 3.60. The van der Waals surface area contributed by atoms with Crippen LogP contribution in [0.3, 0.4) is 0 Å². The van der Waals surface area contributed by atoms with Crippen molar-refractivity contribution in [3.63, 3.8) is 0 Å². The van der Waals surface area contributed by atoms with Crippen LogP contribution < -0.4 is 0 Å². The molecule has 56 valence electrons. The Morgan fingerprint density at radius 3 is 2.30 bits per heavy atom. The summed E-state index contributed by atoms with van der Waals surface area (Å²) in [4.78, 5) is 0. The average molecular weight is 331 g/mol. The van der Waals surface area contributed by atoms with Crippen LogP contribution in [0.15, 0.2) is 33.8 Å². The first-order valence-electron chi connectivity index (χ1n) is 2.62. The third-order valence-corrected chi connectivity index (χ3v) is 2.17. The highest BCUT2D eigenvalue weighted by atomic mass is 79.9. The van der Waals surface area contributed by atoms with E-state index in [1.54, 1.807) is 6.08 Å². The molecule has 0 rings (SSSR count). The standard InChI is InChI=1S/C7H7Br3/c1-2-6(9)5-7(10)3-4-8/h2-3,5H,1,4H2/b6-5+,7-3+. The summed E-state index contributed by atoms with van der Waals surface area (Å²) in [5.74, 6) is 0. The molecule has 0 nitrogen and oxygen atoms in total. The average Bonchev–Trinajstić information content (AvgIpc) is 1.88. The number of halogens is 3. The van der Waals surface area contributed by atoms with Gasteiger partial charge in [-0.1, -0.05) is 66.5 Å². The summed E-state index contributed by atoms with van der Waals surface area (Å²) < 4.78 is 2.01. The molecule has 0 aliphatic carbocycles. The zero-order valence-corrected chi connectivity index (χ0v) is 10.0. The van der Waals surface area contributed by atoms with Gasteiger partial charge in [-0.2, -0.15) is 0 Å².